The van der Waals surface area contributed by atoms with Crippen molar-refractivity contribution in [2.75, 3.05) is 19.8 Å². The molecule has 4 nitrogen and oxygen atoms in total. The zero-order chi connectivity index (χ0) is 11.0. The molecule has 0 spiro atoms. The first-order chi connectivity index (χ1) is 7.81. The molecule has 4 unspecified atom stereocenters. The van der Waals surface area contributed by atoms with E-state index in [2.05, 4.69) is 6.08 Å². The summed E-state index contributed by atoms with van der Waals surface area (Å²) in [5, 5.41) is 0. The molecule has 90 valence electrons. The Balaban J connectivity index is 1.53. The van der Waals surface area contributed by atoms with E-state index < -0.39 is 0 Å². The maximum absolute atomic E-state index is 6.20. The van der Waals surface area contributed by atoms with Gasteiger partial charge in [-0.3, -0.25) is 0 Å². The lowest BCUT2D eigenvalue weighted by atomic mass is 9.97. The van der Waals surface area contributed by atoms with Gasteiger partial charge in [0.2, 0.25) is 0 Å². The van der Waals surface area contributed by atoms with Crippen LogP contribution in [0.15, 0.2) is 11.6 Å². The van der Waals surface area contributed by atoms with E-state index in [0.29, 0.717) is 18.3 Å². The largest absolute Gasteiger partial charge is 0.373 e. The molecule has 0 saturated carbocycles. The normalized spacial score (nSPS) is 38.3. The van der Waals surface area contributed by atoms with Gasteiger partial charge in [-0.2, -0.15) is 0 Å². The highest BCUT2D eigenvalue weighted by Crippen LogP contribution is 2.26. The second-order valence-corrected chi connectivity index (χ2v) is 4.93. The lowest BCUT2D eigenvalue weighted by Crippen LogP contribution is -2.25. The van der Waals surface area contributed by atoms with Gasteiger partial charge in [0.25, 0.3) is 0 Å². The van der Waals surface area contributed by atoms with Crippen molar-refractivity contribution in [1.29, 1.82) is 0 Å². The van der Waals surface area contributed by atoms with Crippen molar-refractivity contribution in [3.8, 4) is 0 Å². The molecule has 0 radical (unpaired) electrons. The molecule has 16 heavy (non-hydrogen) atoms. The summed E-state index contributed by atoms with van der Waals surface area (Å²) in [6, 6.07) is 0.135. The van der Waals surface area contributed by atoms with Gasteiger partial charge < -0.3 is 19.9 Å². The molecule has 3 fully saturated rings. The summed E-state index contributed by atoms with van der Waals surface area (Å²) >= 11 is 0. The van der Waals surface area contributed by atoms with Crippen LogP contribution in [0.1, 0.15) is 19.3 Å². The Morgan fingerprint density at radius 2 is 1.75 bits per heavy atom. The molecule has 4 heteroatoms. The minimum absolute atomic E-state index is 0.135. The zero-order valence-electron chi connectivity index (χ0n) is 9.43. The first kappa shape index (κ1) is 10.7. The monoisotopic (exact) mass is 225 g/mol. The second-order valence-electron chi connectivity index (χ2n) is 4.93. The van der Waals surface area contributed by atoms with Gasteiger partial charge in [-0.05, 0) is 19.3 Å². The number of hydrogen-bond donors (Lipinski definition) is 1. The molecule has 3 aliphatic heterocycles. The van der Waals surface area contributed by atoms with E-state index in [-0.39, 0.29) is 6.04 Å². The van der Waals surface area contributed by atoms with Crippen molar-refractivity contribution in [2.45, 2.75) is 43.6 Å². The maximum atomic E-state index is 6.20. The van der Waals surface area contributed by atoms with E-state index in [4.69, 9.17) is 19.9 Å². The van der Waals surface area contributed by atoms with Crippen LogP contribution >= 0.6 is 0 Å². The molecule has 3 rings (SSSR count). The summed E-state index contributed by atoms with van der Waals surface area (Å²) < 4.78 is 15.7. The molecule has 3 aliphatic rings. The van der Waals surface area contributed by atoms with Crippen LogP contribution in [0.3, 0.4) is 0 Å². The summed E-state index contributed by atoms with van der Waals surface area (Å²) in [5.74, 6) is 0. The fourth-order valence-corrected chi connectivity index (χ4v) is 1.96. The van der Waals surface area contributed by atoms with Gasteiger partial charge in [0.05, 0.1) is 38.1 Å². The summed E-state index contributed by atoms with van der Waals surface area (Å²) in [7, 11) is 0. The predicted octanol–water partition coefficient (Wildman–Crippen LogP) is 0.607. The van der Waals surface area contributed by atoms with E-state index in [1.165, 1.54) is 5.57 Å². The Morgan fingerprint density at radius 3 is 2.31 bits per heavy atom. The minimum Gasteiger partial charge on any atom is -0.373 e. The molecule has 0 aliphatic carbocycles. The lowest BCUT2D eigenvalue weighted by Gasteiger charge is -2.14. The zero-order valence-corrected chi connectivity index (χ0v) is 9.43. The van der Waals surface area contributed by atoms with Crippen LogP contribution < -0.4 is 5.73 Å². The summed E-state index contributed by atoms with van der Waals surface area (Å²) in [4.78, 5) is 0. The number of rotatable bonds is 7. The lowest BCUT2D eigenvalue weighted by molar-refractivity contribution is 0.377. The van der Waals surface area contributed by atoms with E-state index in [9.17, 15) is 0 Å². The van der Waals surface area contributed by atoms with Crippen molar-refractivity contribution >= 4 is 0 Å². The Labute approximate surface area is 95.7 Å². The third kappa shape index (κ3) is 3.28. The quantitative estimate of drug-likeness (QED) is 0.509. The molecule has 0 bridgehead atoms. The van der Waals surface area contributed by atoms with E-state index in [0.717, 1.165) is 39.1 Å². The average molecular weight is 225 g/mol. The Morgan fingerprint density at radius 1 is 1.12 bits per heavy atom. The van der Waals surface area contributed by atoms with Crippen molar-refractivity contribution in [2.24, 2.45) is 5.73 Å². The Bertz CT molecular complexity index is 280. The fourth-order valence-electron chi connectivity index (χ4n) is 1.96. The van der Waals surface area contributed by atoms with Gasteiger partial charge in [0.15, 0.2) is 0 Å². The number of epoxide rings is 3. The average Bonchev–Trinajstić information content (AvgIpc) is 3.12. The minimum atomic E-state index is 0.135. The summed E-state index contributed by atoms with van der Waals surface area (Å²) in [6.45, 7) is 2.68. The van der Waals surface area contributed by atoms with Crippen LogP contribution in [0.4, 0.5) is 0 Å². The molecule has 3 heterocycles. The van der Waals surface area contributed by atoms with E-state index >= 15 is 0 Å². The topological polar surface area (TPSA) is 63.6 Å². The summed E-state index contributed by atoms with van der Waals surface area (Å²) in [6.07, 6.45) is 6.45. The molecule has 2 N–H and O–H groups in total. The Kier molecular flexibility index (Phi) is 2.98. The smallest absolute Gasteiger partial charge is 0.0847 e. The van der Waals surface area contributed by atoms with E-state index in [1.807, 2.05) is 0 Å². The molecular weight excluding hydrogens is 206 g/mol. The van der Waals surface area contributed by atoms with Crippen LogP contribution in [0, 0.1) is 0 Å². The van der Waals surface area contributed by atoms with Gasteiger partial charge in [-0.1, -0.05) is 11.6 Å². The van der Waals surface area contributed by atoms with Gasteiger partial charge in [0, 0.05) is 6.04 Å². The third-order valence-electron chi connectivity index (χ3n) is 3.31. The molecule has 0 aromatic heterocycles. The highest BCUT2D eigenvalue weighted by atomic mass is 16.6. The van der Waals surface area contributed by atoms with Crippen LogP contribution in [0.2, 0.25) is 0 Å². The van der Waals surface area contributed by atoms with E-state index in [1.54, 1.807) is 0 Å². The Hall–Kier alpha value is -0.420. The van der Waals surface area contributed by atoms with Crippen molar-refractivity contribution in [3.05, 3.63) is 11.6 Å². The number of ether oxygens (including phenoxy) is 3. The van der Waals surface area contributed by atoms with Crippen molar-refractivity contribution < 1.29 is 14.2 Å². The molecule has 4 atom stereocenters. The SMILES string of the molecule is NC(CC1CO1)C(=CCC1CO1)CC1CO1. The molecular formula is C12H19NO3. The second kappa shape index (κ2) is 4.45. The van der Waals surface area contributed by atoms with Crippen LogP contribution in [0.25, 0.3) is 0 Å². The highest BCUT2D eigenvalue weighted by molar-refractivity contribution is 5.14. The molecule has 0 amide bonds. The standard InChI is InChI=1S/C12H19NO3/c13-12(4-11-7-16-11)8(3-10-6-15-10)1-2-9-5-14-9/h1,9-12H,2-7,13H2. The first-order valence-electron chi connectivity index (χ1n) is 6.10. The van der Waals surface area contributed by atoms with Gasteiger partial charge >= 0.3 is 0 Å². The first-order valence-corrected chi connectivity index (χ1v) is 6.10. The molecule has 3 saturated heterocycles. The maximum Gasteiger partial charge on any atom is 0.0847 e. The van der Waals surface area contributed by atoms with Crippen LogP contribution in [-0.4, -0.2) is 44.2 Å². The number of nitrogens with two attached hydrogens (primary N) is 1. The number of hydrogen-bond acceptors (Lipinski definition) is 4. The fraction of sp³-hybridized carbons (Fsp3) is 0.833. The van der Waals surface area contributed by atoms with Crippen molar-refractivity contribution in [3.63, 3.8) is 0 Å². The van der Waals surface area contributed by atoms with Gasteiger partial charge in [-0.25, -0.2) is 0 Å². The summed E-state index contributed by atoms with van der Waals surface area (Å²) in [5.41, 5.74) is 7.52. The third-order valence-corrected chi connectivity index (χ3v) is 3.31. The predicted molar refractivity (Wildman–Crippen MR) is 59.1 cm³/mol. The van der Waals surface area contributed by atoms with Crippen LogP contribution in [-0.2, 0) is 14.2 Å². The van der Waals surface area contributed by atoms with Crippen molar-refractivity contribution in [1.82, 2.24) is 0 Å². The van der Waals surface area contributed by atoms with Crippen LogP contribution in [0.5, 0.6) is 0 Å². The van der Waals surface area contributed by atoms with Gasteiger partial charge in [0.1, 0.15) is 0 Å². The molecule has 0 aromatic rings. The molecule has 0 aromatic carbocycles. The van der Waals surface area contributed by atoms with Gasteiger partial charge in [-0.15, -0.1) is 0 Å². The highest BCUT2D eigenvalue weighted by Gasteiger charge is 2.30.